The van der Waals surface area contributed by atoms with Crippen LogP contribution in [-0.4, -0.2) is 37.2 Å². The third-order valence-electron chi connectivity index (χ3n) is 12.4. The Hall–Kier alpha value is -1.59. The Balaban J connectivity index is 4.26. The Morgan fingerprint density at radius 3 is 0.705 bits per heavy atom. The van der Waals surface area contributed by atoms with Crippen molar-refractivity contribution in [3.63, 3.8) is 0 Å². The molecule has 61 heavy (non-hydrogen) atoms. The van der Waals surface area contributed by atoms with E-state index in [1.807, 2.05) is 0 Å². The molecule has 0 N–H and O–H groups in total. The zero-order valence-corrected chi connectivity index (χ0v) is 42.0. The summed E-state index contributed by atoms with van der Waals surface area (Å²) in [7, 11) is 0. The van der Waals surface area contributed by atoms with Gasteiger partial charge >= 0.3 is 17.9 Å². The lowest BCUT2D eigenvalue weighted by Gasteiger charge is -2.18. The minimum absolute atomic E-state index is 0.0646. The van der Waals surface area contributed by atoms with Gasteiger partial charge in [-0.1, -0.05) is 260 Å². The Morgan fingerprint density at radius 2 is 0.475 bits per heavy atom. The standard InChI is InChI=1S/C55H106O6/c1-49(2)41-35-29-23-17-13-10-8-7-9-11-15-19-26-32-38-44-53(56)59-47-52(61-55(58)46-40-34-28-22-21-25-31-37-43-51(5)6)48-60-54(57)45-39-33-27-20-16-12-14-18-24-30-36-42-50(3)4/h49-52H,7-48H2,1-6H3/t52-/m0/s1. The van der Waals surface area contributed by atoms with E-state index in [1.54, 1.807) is 0 Å². The van der Waals surface area contributed by atoms with Gasteiger partial charge in [-0.05, 0) is 37.0 Å². The first-order chi connectivity index (χ1) is 29.6. The van der Waals surface area contributed by atoms with Crippen molar-refractivity contribution in [3.05, 3.63) is 0 Å². The lowest BCUT2D eigenvalue weighted by atomic mass is 10.0. The van der Waals surface area contributed by atoms with Crippen LogP contribution in [0, 0.1) is 17.8 Å². The fraction of sp³-hybridized carbons (Fsp3) is 0.945. The van der Waals surface area contributed by atoms with Crippen molar-refractivity contribution in [2.24, 2.45) is 17.8 Å². The van der Waals surface area contributed by atoms with E-state index in [1.165, 1.54) is 180 Å². The van der Waals surface area contributed by atoms with Crippen molar-refractivity contribution >= 4 is 17.9 Å². The quantitative estimate of drug-likeness (QED) is 0.0344. The van der Waals surface area contributed by atoms with Gasteiger partial charge in [-0.25, -0.2) is 0 Å². The fourth-order valence-corrected chi connectivity index (χ4v) is 8.29. The first-order valence-corrected chi connectivity index (χ1v) is 27.1. The minimum atomic E-state index is -0.763. The average molecular weight is 863 g/mol. The lowest BCUT2D eigenvalue weighted by Crippen LogP contribution is -2.30. The number of carbonyl (C=O) groups excluding carboxylic acids is 3. The molecule has 1 atom stereocenters. The maximum Gasteiger partial charge on any atom is 0.306 e. The molecule has 0 saturated heterocycles. The van der Waals surface area contributed by atoms with Crippen LogP contribution in [0.5, 0.6) is 0 Å². The molecule has 0 fully saturated rings. The number of carbonyl (C=O) groups is 3. The predicted molar refractivity (Wildman–Crippen MR) is 261 cm³/mol. The van der Waals surface area contributed by atoms with Crippen LogP contribution in [-0.2, 0) is 28.6 Å². The highest BCUT2D eigenvalue weighted by Gasteiger charge is 2.19. The summed E-state index contributed by atoms with van der Waals surface area (Å²) in [5, 5.41) is 0. The molecule has 0 unspecified atom stereocenters. The van der Waals surface area contributed by atoms with Crippen molar-refractivity contribution in [2.75, 3.05) is 13.2 Å². The van der Waals surface area contributed by atoms with Gasteiger partial charge in [0.25, 0.3) is 0 Å². The highest BCUT2D eigenvalue weighted by Crippen LogP contribution is 2.18. The summed E-state index contributed by atoms with van der Waals surface area (Å²) in [5.41, 5.74) is 0. The van der Waals surface area contributed by atoms with Crippen LogP contribution in [0.25, 0.3) is 0 Å². The summed E-state index contributed by atoms with van der Waals surface area (Å²) in [6, 6.07) is 0. The molecule has 0 aromatic rings. The zero-order valence-electron chi connectivity index (χ0n) is 42.0. The topological polar surface area (TPSA) is 78.9 Å². The Bertz CT molecular complexity index is 945. The largest absolute Gasteiger partial charge is 0.462 e. The molecule has 0 spiro atoms. The number of rotatable bonds is 48. The van der Waals surface area contributed by atoms with Crippen LogP contribution in [0.4, 0.5) is 0 Å². The summed E-state index contributed by atoms with van der Waals surface area (Å²) >= 11 is 0. The van der Waals surface area contributed by atoms with Crippen LogP contribution in [0.15, 0.2) is 0 Å². The van der Waals surface area contributed by atoms with E-state index >= 15 is 0 Å². The van der Waals surface area contributed by atoms with Crippen molar-refractivity contribution in [1.29, 1.82) is 0 Å². The van der Waals surface area contributed by atoms with Crippen molar-refractivity contribution < 1.29 is 28.6 Å². The third kappa shape index (κ3) is 49.3. The second kappa shape index (κ2) is 46.4. The van der Waals surface area contributed by atoms with Crippen molar-refractivity contribution in [1.82, 2.24) is 0 Å². The molecule has 0 saturated carbocycles. The van der Waals surface area contributed by atoms with E-state index in [2.05, 4.69) is 41.5 Å². The molecular formula is C55H106O6. The van der Waals surface area contributed by atoms with Gasteiger partial charge < -0.3 is 14.2 Å². The molecule has 0 radical (unpaired) electrons. The highest BCUT2D eigenvalue weighted by molar-refractivity contribution is 5.71. The molecule has 0 heterocycles. The van der Waals surface area contributed by atoms with Crippen LogP contribution in [0.3, 0.4) is 0 Å². The number of esters is 3. The van der Waals surface area contributed by atoms with Gasteiger partial charge in [-0.2, -0.15) is 0 Å². The molecule has 0 aromatic carbocycles. The monoisotopic (exact) mass is 863 g/mol. The minimum Gasteiger partial charge on any atom is -0.462 e. The second-order valence-corrected chi connectivity index (χ2v) is 20.3. The molecule has 0 aliphatic carbocycles. The van der Waals surface area contributed by atoms with Crippen LogP contribution in [0.1, 0.15) is 298 Å². The maximum atomic E-state index is 12.8. The van der Waals surface area contributed by atoms with Crippen molar-refractivity contribution in [3.8, 4) is 0 Å². The summed E-state index contributed by atoms with van der Waals surface area (Å²) in [4.78, 5) is 38.0. The summed E-state index contributed by atoms with van der Waals surface area (Å²) in [6.45, 7) is 13.7. The molecule has 362 valence electrons. The number of hydrogen-bond acceptors (Lipinski definition) is 6. The van der Waals surface area contributed by atoms with Crippen molar-refractivity contribution in [2.45, 2.75) is 304 Å². The van der Waals surface area contributed by atoms with E-state index in [0.717, 1.165) is 75.5 Å². The Morgan fingerprint density at radius 1 is 0.279 bits per heavy atom. The smallest absolute Gasteiger partial charge is 0.306 e. The summed E-state index contributed by atoms with van der Waals surface area (Å²) < 4.78 is 16.8. The van der Waals surface area contributed by atoms with Gasteiger partial charge in [0, 0.05) is 19.3 Å². The van der Waals surface area contributed by atoms with Gasteiger partial charge in [-0.15, -0.1) is 0 Å². The summed E-state index contributed by atoms with van der Waals surface area (Å²) in [6.07, 6.45) is 46.7. The SMILES string of the molecule is CC(C)CCCCCCCCCCCCCCCCCC(=O)OC[C@@H](COC(=O)CCCCCCCCCCCCCC(C)C)OC(=O)CCCCCCCCCCC(C)C. The lowest BCUT2D eigenvalue weighted by molar-refractivity contribution is -0.167. The van der Waals surface area contributed by atoms with Crippen LogP contribution >= 0.6 is 0 Å². The summed E-state index contributed by atoms with van der Waals surface area (Å²) in [5.74, 6) is 1.62. The molecule has 0 amide bonds. The predicted octanol–water partition coefficient (Wildman–Crippen LogP) is 17.6. The molecule has 0 aliphatic heterocycles. The van der Waals surface area contributed by atoms with Crippen LogP contribution < -0.4 is 0 Å². The van der Waals surface area contributed by atoms with Gasteiger partial charge in [0.1, 0.15) is 13.2 Å². The molecule has 6 heteroatoms. The fourth-order valence-electron chi connectivity index (χ4n) is 8.29. The van der Waals surface area contributed by atoms with Gasteiger partial charge in [0.2, 0.25) is 0 Å². The van der Waals surface area contributed by atoms with Crippen LogP contribution in [0.2, 0.25) is 0 Å². The molecule has 0 bridgehead atoms. The van der Waals surface area contributed by atoms with E-state index in [9.17, 15) is 14.4 Å². The first-order valence-electron chi connectivity index (χ1n) is 27.1. The van der Waals surface area contributed by atoms with Gasteiger partial charge in [-0.3, -0.25) is 14.4 Å². The highest BCUT2D eigenvalue weighted by atomic mass is 16.6. The number of ether oxygens (including phenoxy) is 3. The van der Waals surface area contributed by atoms with E-state index in [-0.39, 0.29) is 31.1 Å². The van der Waals surface area contributed by atoms with E-state index < -0.39 is 6.10 Å². The molecule has 0 aromatic heterocycles. The molecule has 0 aliphatic rings. The Labute approximate surface area is 380 Å². The zero-order chi connectivity index (χ0) is 44.9. The Kier molecular flexibility index (Phi) is 45.2. The van der Waals surface area contributed by atoms with Gasteiger partial charge in [0.05, 0.1) is 0 Å². The second-order valence-electron chi connectivity index (χ2n) is 20.3. The normalized spacial score (nSPS) is 12.1. The number of unbranched alkanes of at least 4 members (excludes halogenated alkanes) is 31. The molecule has 6 nitrogen and oxygen atoms in total. The average Bonchev–Trinajstić information content (AvgIpc) is 3.22. The van der Waals surface area contributed by atoms with Gasteiger partial charge in [0.15, 0.2) is 6.10 Å². The molecule has 0 rings (SSSR count). The number of hydrogen-bond donors (Lipinski definition) is 0. The van der Waals surface area contributed by atoms with E-state index in [0.29, 0.717) is 19.3 Å². The van der Waals surface area contributed by atoms with E-state index in [4.69, 9.17) is 14.2 Å². The maximum absolute atomic E-state index is 12.8. The molecular weight excluding hydrogens is 757 g/mol. The third-order valence-corrected chi connectivity index (χ3v) is 12.4. The first kappa shape index (κ1) is 59.4.